The highest BCUT2D eigenvalue weighted by atomic mass is 19.1. The molecule has 0 atom stereocenters. The zero-order chi connectivity index (χ0) is 25.2. The number of aryl methyl sites for hydroxylation is 1. The maximum atomic E-state index is 13.3. The zero-order valence-corrected chi connectivity index (χ0v) is 20.9. The van der Waals surface area contributed by atoms with E-state index in [1.54, 1.807) is 4.68 Å². The van der Waals surface area contributed by atoms with Crippen molar-refractivity contribution in [2.75, 3.05) is 11.9 Å². The minimum absolute atomic E-state index is 0.142. The molecule has 3 aromatic rings. The molecular formula is C27H33FN4O2. The van der Waals surface area contributed by atoms with Gasteiger partial charge in [-0.05, 0) is 69.2 Å². The summed E-state index contributed by atoms with van der Waals surface area (Å²) in [6.07, 6.45) is 0. The number of aromatic nitrogens is 2. The molecule has 0 unspecified atom stereocenters. The molecule has 1 heterocycles. The van der Waals surface area contributed by atoms with E-state index < -0.39 is 5.82 Å². The fourth-order valence-corrected chi connectivity index (χ4v) is 3.57. The molecule has 1 N–H and O–H groups in total. The van der Waals surface area contributed by atoms with Crippen LogP contribution in [-0.2, 0) is 10.2 Å². The lowest BCUT2D eigenvalue weighted by Gasteiger charge is -2.26. The molecule has 0 saturated carbocycles. The Morgan fingerprint density at radius 3 is 2.32 bits per heavy atom. The van der Waals surface area contributed by atoms with Gasteiger partial charge in [-0.1, -0.05) is 32.9 Å². The molecule has 2 amide bonds. The number of amides is 2. The maximum absolute atomic E-state index is 13.3. The van der Waals surface area contributed by atoms with Crippen molar-refractivity contribution in [1.82, 2.24) is 14.7 Å². The van der Waals surface area contributed by atoms with E-state index in [0.717, 1.165) is 22.5 Å². The highest BCUT2D eigenvalue weighted by molar-refractivity contribution is 5.99. The second-order valence-corrected chi connectivity index (χ2v) is 9.88. The Balaban J connectivity index is 1.91. The molecule has 34 heavy (non-hydrogen) atoms. The average Bonchev–Trinajstić information content (AvgIpc) is 3.18. The van der Waals surface area contributed by atoms with E-state index in [0.29, 0.717) is 11.4 Å². The molecule has 6 nitrogen and oxygen atoms in total. The summed E-state index contributed by atoms with van der Waals surface area (Å²) >= 11 is 0. The van der Waals surface area contributed by atoms with Gasteiger partial charge in [0.25, 0.3) is 5.91 Å². The molecule has 0 aliphatic heterocycles. The van der Waals surface area contributed by atoms with Crippen molar-refractivity contribution in [2.45, 2.75) is 59.9 Å². The van der Waals surface area contributed by atoms with Gasteiger partial charge in [-0.15, -0.1) is 0 Å². The topological polar surface area (TPSA) is 67.2 Å². The van der Waals surface area contributed by atoms with Crippen LogP contribution in [0.3, 0.4) is 0 Å². The van der Waals surface area contributed by atoms with Gasteiger partial charge in [0, 0.05) is 23.1 Å². The molecule has 0 bridgehead atoms. The monoisotopic (exact) mass is 464 g/mol. The smallest absolute Gasteiger partial charge is 0.254 e. The van der Waals surface area contributed by atoms with Crippen molar-refractivity contribution in [3.63, 3.8) is 0 Å². The Bertz CT molecular complexity index is 1190. The SMILES string of the molecule is Cc1cccc(-n2nc(C(C)(C)C)cc2NC(=O)CN(C(=O)c2ccc(F)cc2)C(C)C)c1C. The Morgan fingerprint density at radius 2 is 1.74 bits per heavy atom. The third kappa shape index (κ3) is 5.53. The van der Waals surface area contributed by atoms with Crippen LogP contribution in [-0.4, -0.2) is 39.1 Å². The molecule has 0 aliphatic rings. The number of nitrogens with one attached hydrogen (secondary N) is 1. The number of benzene rings is 2. The summed E-state index contributed by atoms with van der Waals surface area (Å²) in [6, 6.07) is 12.9. The third-order valence-electron chi connectivity index (χ3n) is 5.84. The van der Waals surface area contributed by atoms with Crippen molar-refractivity contribution >= 4 is 17.6 Å². The van der Waals surface area contributed by atoms with E-state index in [4.69, 9.17) is 5.10 Å². The van der Waals surface area contributed by atoms with Gasteiger partial charge in [0.05, 0.1) is 11.4 Å². The van der Waals surface area contributed by atoms with Gasteiger partial charge in [-0.25, -0.2) is 9.07 Å². The van der Waals surface area contributed by atoms with Gasteiger partial charge in [-0.2, -0.15) is 5.10 Å². The summed E-state index contributed by atoms with van der Waals surface area (Å²) in [5.74, 6) is -0.541. The second kappa shape index (κ2) is 9.79. The van der Waals surface area contributed by atoms with E-state index in [2.05, 4.69) is 26.1 Å². The highest BCUT2D eigenvalue weighted by Gasteiger charge is 2.25. The van der Waals surface area contributed by atoms with Crippen molar-refractivity contribution in [3.8, 4) is 5.69 Å². The van der Waals surface area contributed by atoms with Crippen LogP contribution in [0.25, 0.3) is 5.69 Å². The summed E-state index contributed by atoms with van der Waals surface area (Å²) in [4.78, 5) is 27.6. The number of hydrogen-bond acceptors (Lipinski definition) is 3. The largest absolute Gasteiger partial charge is 0.327 e. The number of nitrogens with zero attached hydrogens (tertiary/aromatic N) is 3. The fourth-order valence-electron chi connectivity index (χ4n) is 3.57. The minimum Gasteiger partial charge on any atom is -0.327 e. The molecule has 0 spiro atoms. The first-order chi connectivity index (χ1) is 15.9. The Morgan fingerprint density at radius 1 is 1.09 bits per heavy atom. The van der Waals surface area contributed by atoms with Crippen molar-refractivity contribution in [2.24, 2.45) is 0 Å². The first-order valence-corrected chi connectivity index (χ1v) is 11.4. The van der Waals surface area contributed by atoms with Crippen molar-refractivity contribution < 1.29 is 14.0 Å². The standard InChI is InChI=1S/C27H33FN4O2/c1-17(2)31(26(34)20-11-13-21(28)14-12-20)16-25(33)29-24-15-23(27(5,6)7)30-32(24)22-10-8-9-18(3)19(22)4/h8-15,17H,16H2,1-7H3,(H,29,33). The molecule has 2 aromatic carbocycles. The Hall–Kier alpha value is -3.48. The Labute approximate surface area is 200 Å². The van der Waals surface area contributed by atoms with E-state index in [9.17, 15) is 14.0 Å². The molecule has 7 heteroatoms. The normalized spacial score (nSPS) is 11.6. The van der Waals surface area contributed by atoms with Crippen LogP contribution in [0.5, 0.6) is 0 Å². The fraction of sp³-hybridized carbons (Fsp3) is 0.370. The zero-order valence-electron chi connectivity index (χ0n) is 20.9. The molecule has 0 fully saturated rings. The van der Waals surface area contributed by atoms with Crippen LogP contribution in [0.2, 0.25) is 0 Å². The highest BCUT2D eigenvalue weighted by Crippen LogP contribution is 2.28. The average molecular weight is 465 g/mol. The molecule has 0 radical (unpaired) electrons. The quantitative estimate of drug-likeness (QED) is 0.530. The Kier molecular flexibility index (Phi) is 7.24. The van der Waals surface area contributed by atoms with Gasteiger partial charge in [0.2, 0.25) is 5.91 Å². The number of rotatable bonds is 6. The first kappa shape index (κ1) is 25.1. The molecule has 0 saturated heterocycles. The number of hydrogen-bond donors (Lipinski definition) is 1. The third-order valence-corrected chi connectivity index (χ3v) is 5.84. The van der Waals surface area contributed by atoms with Crippen molar-refractivity contribution in [1.29, 1.82) is 0 Å². The van der Waals surface area contributed by atoms with E-state index in [-0.39, 0.29) is 29.8 Å². The van der Waals surface area contributed by atoms with Gasteiger partial charge in [0.1, 0.15) is 18.2 Å². The molecule has 180 valence electrons. The lowest BCUT2D eigenvalue weighted by atomic mass is 9.92. The molecular weight excluding hydrogens is 431 g/mol. The van der Waals surface area contributed by atoms with E-state index in [1.165, 1.54) is 29.2 Å². The van der Waals surface area contributed by atoms with Gasteiger partial charge >= 0.3 is 0 Å². The van der Waals surface area contributed by atoms with Gasteiger partial charge < -0.3 is 10.2 Å². The summed E-state index contributed by atoms with van der Waals surface area (Å²) in [7, 11) is 0. The number of anilines is 1. The second-order valence-electron chi connectivity index (χ2n) is 9.88. The predicted octanol–water partition coefficient (Wildman–Crippen LogP) is 5.42. The molecule has 3 rings (SSSR count). The lowest BCUT2D eigenvalue weighted by molar-refractivity contribution is -0.117. The maximum Gasteiger partial charge on any atom is 0.254 e. The predicted molar refractivity (Wildman–Crippen MR) is 133 cm³/mol. The van der Waals surface area contributed by atoms with Crippen LogP contribution >= 0.6 is 0 Å². The van der Waals surface area contributed by atoms with Crippen LogP contribution < -0.4 is 5.32 Å². The summed E-state index contributed by atoms with van der Waals surface area (Å²) < 4.78 is 15.0. The van der Waals surface area contributed by atoms with Crippen LogP contribution in [0, 0.1) is 19.7 Å². The first-order valence-electron chi connectivity index (χ1n) is 11.4. The lowest BCUT2D eigenvalue weighted by Crippen LogP contribution is -2.42. The molecule has 1 aromatic heterocycles. The number of carbonyl (C=O) groups excluding carboxylic acids is 2. The number of halogens is 1. The van der Waals surface area contributed by atoms with E-state index >= 15 is 0 Å². The summed E-state index contributed by atoms with van der Waals surface area (Å²) in [5.41, 5.74) is 4.03. The van der Waals surface area contributed by atoms with Gasteiger partial charge in [0.15, 0.2) is 0 Å². The minimum atomic E-state index is -0.417. The molecule has 0 aliphatic carbocycles. The number of carbonyl (C=O) groups is 2. The summed E-state index contributed by atoms with van der Waals surface area (Å²) in [6.45, 7) is 13.8. The van der Waals surface area contributed by atoms with E-state index in [1.807, 2.05) is 52.0 Å². The van der Waals surface area contributed by atoms with Crippen LogP contribution in [0.1, 0.15) is 61.8 Å². The van der Waals surface area contributed by atoms with Crippen LogP contribution in [0.15, 0.2) is 48.5 Å². The van der Waals surface area contributed by atoms with Crippen molar-refractivity contribution in [3.05, 3.63) is 76.7 Å². The van der Waals surface area contributed by atoms with Crippen LogP contribution in [0.4, 0.5) is 10.2 Å². The summed E-state index contributed by atoms with van der Waals surface area (Å²) in [5, 5.41) is 7.75. The van der Waals surface area contributed by atoms with Gasteiger partial charge in [-0.3, -0.25) is 9.59 Å².